The van der Waals surface area contributed by atoms with E-state index >= 15 is 0 Å². The van der Waals surface area contributed by atoms with Gasteiger partial charge in [-0.15, -0.1) is 0 Å². The quantitative estimate of drug-likeness (QED) is 0.446. The van der Waals surface area contributed by atoms with Crippen LogP contribution < -0.4 is 0 Å². The highest BCUT2D eigenvalue weighted by atomic mass is 16.2. The van der Waals surface area contributed by atoms with Crippen molar-refractivity contribution >= 4 is 12.3 Å². The molecule has 1 aromatic carbocycles. The summed E-state index contributed by atoms with van der Waals surface area (Å²) in [5, 5.41) is 0. The molecule has 2 amide bonds. The molecule has 1 aromatic rings. The second-order valence-electron chi connectivity index (χ2n) is 5.44. The molecule has 1 rings (SSSR count). The first-order chi connectivity index (χ1) is 10.3. The van der Waals surface area contributed by atoms with E-state index in [1.54, 1.807) is 12.1 Å². The average Bonchev–Trinajstić information content (AvgIpc) is 2.54. The summed E-state index contributed by atoms with van der Waals surface area (Å²) in [5.74, 6) is -0.200. The molecule has 0 saturated carbocycles. The van der Waals surface area contributed by atoms with E-state index < -0.39 is 0 Å². The van der Waals surface area contributed by atoms with Crippen molar-refractivity contribution in [2.45, 2.75) is 58.3 Å². The monoisotopic (exact) mass is 289 g/mol. The predicted octanol–water partition coefficient (Wildman–Crippen LogP) is 4.43. The number of nitrogens with zero attached hydrogens (tertiary/aromatic N) is 1. The van der Waals surface area contributed by atoms with Crippen LogP contribution in [0, 0.1) is 0 Å². The van der Waals surface area contributed by atoms with Crippen molar-refractivity contribution in [3.8, 4) is 0 Å². The molecule has 3 nitrogen and oxygen atoms in total. The first-order valence-corrected chi connectivity index (χ1v) is 8.11. The molecule has 0 fully saturated rings. The molecule has 0 unspecified atom stereocenters. The van der Waals surface area contributed by atoms with Gasteiger partial charge in [0, 0.05) is 12.1 Å². The van der Waals surface area contributed by atoms with Crippen LogP contribution in [0.2, 0.25) is 0 Å². The summed E-state index contributed by atoms with van der Waals surface area (Å²) in [6.45, 7) is 2.74. The van der Waals surface area contributed by atoms with Crippen LogP contribution in [0.5, 0.6) is 0 Å². The van der Waals surface area contributed by atoms with Crippen LogP contribution in [0.1, 0.15) is 68.6 Å². The molecule has 0 N–H and O–H groups in total. The molecule has 0 radical (unpaired) electrons. The summed E-state index contributed by atoms with van der Waals surface area (Å²) >= 11 is 0. The Kier molecular flexibility index (Phi) is 9.18. The average molecular weight is 289 g/mol. The Bertz CT molecular complexity index is 403. The number of hydrogen-bond donors (Lipinski definition) is 0. The molecule has 0 aromatic heterocycles. The Hall–Kier alpha value is -1.64. The highest BCUT2D eigenvalue weighted by Gasteiger charge is 2.13. The Morgan fingerprint density at radius 2 is 1.52 bits per heavy atom. The molecule has 21 heavy (non-hydrogen) atoms. The van der Waals surface area contributed by atoms with Gasteiger partial charge in [0.05, 0.1) is 0 Å². The molecule has 116 valence electrons. The van der Waals surface area contributed by atoms with E-state index in [2.05, 4.69) is 6.92 Å². The number of amides is 2. The highest BCUT2D eigenvalue weighted by Crippen LogP contribution is 2.10. The van der Waals surface area contributed by atoms with Crippen LogP contribution in [0.15, 0.2) is 30.3 Å². The lowest BCUT2D eigenvalue weighted by Gasteiger charge is -2.15. The zero-order chi connectivity index (χ0) is 15.3. The number of hydrogen-bond acceptors (Lipinski definition) is 2. The number of imide groups is 1. The van der Waals surface area contributed by atoms with E-state index in [1.807, 2.05) is 18.2 Å². The van der Waals surface area contributed by atoms with Crippen LogP contribution in [-0.2, 0) is 4.79 Å². The molecule has 0 aliphatic heterocycles. The van der Waals surface area contributed by atoms with Gasteiger partial charge in [0.2, 0.25) is 6.41 Å². The van der Waals surface area contributed by atoms with Gasteiger partial charge in [0.25, 0.3) is 5.91 Å². The number of carbonyl (C=O) groups is 2. The van der Waals surface area contributed by atoms with E-state index in [1.165, 1.54) is 43.4 Å². The van der Waals surface area contributed by atoms with Gasteiger partial charge in [-0.3, -0.25) is 14.5 Å². The number of carbonyl (C=O) groups excluding carboxylic acids is 2. The summed E-state index contributed by atoms with van der Waals surface area (Å²) in [6, 6.07) is 8.97. The standard InChI is InChI=1S/C18H27NO2/c1-2-3-4-5-6-7-8-12-15-19(16-20)18(21)17-13-10-9-11-14-17/h9-11,13-14,16H,2-8,12,15H2,1H3. The third-order valence-corrected chi connectivity index (χ3v) is 3.66. The Morgan fingerprint density at radius 1 is 0.952 bits per heavy atom. The van der Waals surface area contributed by atoms with E-state index in [4.69, 9.17) is 0 Å². The van der Waals surface area contributed by atoms with Gasteiger partial charge in [-0.1, -0.05) is 70.1 Å². The second kappa shape index (κ2) is 11.1. The summed E-state index contributed by atoms with van der Waals surface area (Å²) in [7, 11) is 0. The predicted molar refractivity (Wildman–Crippen MR) is 86.2 cm³/mol. The maximum Gasteiger partial charge on any atom is 0.260 e. The Balaban J connectivity index is 2.20. The van der Waals surface area contributed by atoms with Crippen molar-refractivity contribution in [3.05, 3.63) is 35.9 Å². The second-order valence-corrected chi connectivity index (χ2v) is 5.44. The van der Waals surface area contributed by atoms with Gasteiger partial charge >= 0.3 is 0 Å². The van der Waals surface area contributed by atoms with Crippen LogP contribution in [0.4, 0.5) is 0 Å². The maximum atomic E-state index is 12.1. The van der Waals surface area contributed by atoms with Crippen LogP contribution in [0.25, 0.3) is 0 Å². The summed E-state index contributed by atoms with van der Waals surface area (Å²) in [4.78, 5) is 24.5. The van der Waals surface area contributed by atoms with Gasteiger partial charge in [-0.25, -0.2) is 0 Å². The molecule has 0 atom stereocenters. The van der Waals surface area contributed by atoms with Crippen molar-refractivity contribution in [2.75, 3.05) is 6.54 Å². The van der Waals surface area contributed by atoms with Gasteiger partial charge in [-0.05, 0) is 18.6 Å². The molecule has 0 saturated heterocycles. The minimum absolute atomic E-state index is 0.200. The van der Waals surface area contributed by atoms with E-state index in [0.717, 1.165) is 12.8 Å². The number of unbranched alkanes of at least 4 members (excludes halogenated alkanes) is 7. The lowest BCUT2D eigenvalue weighted by molar-refractivity contribution is -0.116. The van der Waals surface area contributed by atoms with Gasteiger partial charge in [-0.2, -0.15) is 0 Å². The van der Waals surface area contributed by atoms with Crippen LogP contribution >= 0.6 is 0 Å². The van der Waals surface area contributed by atoms with Crippen LogP contribution in [-0.4, -0.2) is 23.8 Å². The minimum atomic E-state index is -0.200. The SMILES string of the molecule is CCCCCCCCCCN(C=O)C(=O)c1ccccc1. The molecular formula is C18H27NO2. The Morgan fingerprint density at radius 3 is 2.10 bits per heavy atom. The number of rotatable bonds is 11. The summed E-state index contributed by atoms with van der Waals surface area (Å²) in [6.07, 6.45) is 10.3. The fourth-order valence-corrected chi connectivity index (χ4v) is 2.36. The minimum Gasteiger partial charge on any atom is -0.281 e. The fourth-order valence-electron chi connectivity index (χ4n) is 2.36. The van der Waals surface area contributed by atoms with Crippen molar-refractivity contribution in [2.24, 2.45) is 0 Å². The normalized spacial score (nSPS) is 10.3. The highest BCUT2D eigenvalue weighted by molar-refractivity contribution is 5.99. The number of benzene rings is 1. The van der Waals surface area contributed by atoms with Crippen molar-refractivity contribution in [3.63, 3.8) is 0 Å². The topological polar surface area (TPSA) is 37.4 Å². The maximum absolute atomic E-state index is 12.1. The molecule has 3 heteroatoms. The third kappa shape index (κ3) is 7.07. The molecular weight excluding hydrogens is 262 g/mol. The van der Waals surface area contributed by atoms with Gasteiger partial charge < -0.3 is 0 Å². The van der Waals surface area contributed by atoms with E-state index in [9.17, 15) is 9.59 Å². The van der Waals surface area contributed by atoms with E-state index in [0.29, 0.717) is 18.5 Å². The van der Waals surface area contributed by atoms with Gasteiger partial charge in [0.15, 0.2) is 0 Å². The van der Waals surface area contributed by atoms with Gasteiger partial charge in [0.1, 0.15) is 0 Å². The molecule has 0 heterocycles. The third-order valence-electron chi connectivity index (χ3n) is 3.66. The Labute approximate surface area is 128 Å². The zero-order valence-electron chi connectivity index (χ0n) is 13.1. The van der Waals surface area contributed by atoms with Crippen molar-refractivity contribution in [1.82, 2.24) is 4.90 Å². The first-order valence-electron chi connectivity index (χ1n) is 8.11. The molecule has 0 spiro atoms. The largest absolute Gasteiger partial charge is 0.281 e. The fraction of sp³-hybridized carbons (Fsp3) is 0.556. The summed E-state index contributed by atoms with van der Waals surface area (Å²) in [5.41, 5.74) is 0.573. The molecule has 0 aliphatic carbocycles. The lowest BCUT2D eigenvalue weighted by atomic mass is 10.1. The first kappa shape index (κ1) is 17.4. The molecule has 0 bridgehead atoms. The lowest BCUT2D eigenvalue weighted by Crippen LogP contribution is -2.30. The van der Waals surface area contributed by atoms with Crippen molar-refractivity contribution in [1.29, 1.82) is 0 Å². The van der Waals surface area contributed by atoms with Crippen LogP contribution in [0.3, 0.4) is 0 Å². The zero-order valence-corrected chi connectivity index (χ0v) is 13.1. The van der Waals surface area contributed by atoms with E-state index in [-0.39, 0.29) is 5.91 Å². The van der Waals surface area contributed by atoms with Crippen molar-refractivity contribution < 1.29 is 9.59 Å². The summed E-state index contributed by atoms with van der Waals surface area (Å²) < 4.78 is 0. The smallest absolute Gasteiger partial charge is 0.260 e. The molecule has 0 aliphatic rings.